The average Bonchev–Trinajstić information content (AvgIpc) is 2.21. The average molecular weight is 211 g/mol. The smallest absolute Gasteiger partial charge is 0.168 e. The predicted octanol–water partition coefficient (Wildman–Crippen LogP) is 1.67. The van der Waals surface area contributed by atoms with Crippen molar-refractivity contribution in [1.82, 2.24) is 0 Å². The van der Waals surface area contributed by atoms with Gasteiger partial charge in [-0.05, 0) is 25.1 Å². The molecule has 0 radical (unpaired) electrons. The van der Waals surface area contributed by atoms with E-state index in [1.807, 2.05) is 0 Å². The second-order valence-corrected chi connectivity index (χ2v) is 3.23. The molecule has 0 aliphatic carbocycles. The monoisotopic (exact) mass is 211 g/mol. The first-order chi connectivity index (χ1) is 7.11. The Morgan fingerprint density at radius 3 is 2.73 bits per heavy atom. The Kier molecular flexibility index (Phi) is 3.80. The molecule has 1 rings (SSSR count). The van der Waals surface area contributed by atoms with E-state index in [1.54, 1.807) is 13.0 Å². The van der Waals surface area contributed by atoms with Crippen molar-refractivity contribution in [3.63, 3.8) is 0 Å². The predicted molar refractivity (Wildman–Crippen MR) is 55.7 cm³/mol. The third-order valence-corrected chi connectivity index (χ3v) is 2.17. The highest BCUT2D eigenvalue weighted by atomic mass is 19.1. The maximum atomic E-state index is 13.3. The molecule has 0 saturated carbocycles. The third-order valence-electron chi connectivity index (χ3n) is 2.17. The molecule has 0 aromatic heterocycles. The first-order valence-corrected chi connectivity index (χ1v) is 4.68. The fourth-order valence-corrected chi connectivity index (χ4v) is 1.46. The zero-order valence-electron chi connectivity index (χ0n) is 8.84. The van der Waals surface area contributed by atoms with E-state index in [-0.39, 0.29) is 24.5 Å². The van der Waals surface area contributed by atoms with E-state index in [0.29, 0.717) is 11.1 Å². The summed E-state index contributed by atoms with van der Waals surface area (Å²) < 4.78 is 18.2. The summed E-state index contributed by atoms with van der Waals surface area (Å²) in [6.07, 6.45) is 0.195. The van der Waals surface area contributed by atoms with Crippen molar-refractivity contribution >= 4 is 5.78 Å². The molecule has 0 aliphatic rings. The quantitative estimate of drug-likeness (QED) is 0.771. The molecule has 1 aromatic rings. The Morgan fingerprint density at radius 1 is 1.53 bits per heavy atom. The lowest BCUT2D eigenvalue weighted by Crippen LogP contribution is -2.11. The lowest BCUT2D eigenvalue weighted by atomic mass is 10.0. The van der Waals surface area contributed by atoms with Crippen molar-refractivity contribution in [3.05, 3.63) is 29.1 Å². The van der Waals surface area contributed by atoms with Crippen molar-refractivity contribution < 1.29 is 13.9 Å². The van der Waals surface area contributed by atoms with Gasteiger partial charge in [0.1, 0.15) is 0 Å². The SMILES string of the molecule is COc1c(F)ccc(C)c1C(=O)CCN. The van der Waals surface area contributed by atoms with Gasteiger partial charge in [0.15, 0.2) is 17.3 Å². The van der Waals surface area contributed by atoms with Crippen molar-refractivity contribution in [3.8, 4) is 5.75 Å². The molecule has 0 amide bonds. The first kappa shape index (κ1) is 11.7. The van der Waals surface area contributed by atoms with Gasteiger partial charge in [-0.2, -0.15) is 0 Å². The van der Waals surface area contributed by atoms with Gasteiger partial charge in [-0.25, -0.2) is 4.39 Å². The van der Waals surface area contributed by atoms with Crippen LogP contribution in [-0.4, -0.2) is 19.4 Å². The summed E-state index contributed by atoms with van der Waals surface area (Å²) in [6, 6.07) is 2.84. The van der Waals surface area contributed by atoms with Crippen LogP contribution in [0.1, 0.15) is 22.3 Å². The van der Waals surface area contributed by atoms with Crippen LogP contribution in [0.25, 0.3) is 0 Å². The molecule has 0 unspecified atom stereocenters. The van der Waals surface area contributed by atoms with Gasteiger partial charge < -0.3 is 10.5 Å². The zero-order valence-corrected chi connectivity index (χ0v) is 8.84. The first-order valence-electron chi connectivity index (χ1n) is 4.68. The summed E-state index contributed by atoms with van der Waals surface area (Å²) in [5, 5.41) is 0. The topological polar surface area (TPSA) is 52.3 Å². The summed E-state index contributed by atoms with van der Waals surface area (Å²) in [5.74, 6) is -0.705. The number of benzene rings is 1. The van der Waals surface area contributed by atoms with E-state index in [2.05, 4.69) is 0 Å². The van der Waals surface area contributed by atoms with E-state index in [9.17, 15) is 9.18 Å². The number of methoxy groups -OCH3 is 1. The molecular formula is C11H14FNO2. The fraction of sp³-hybridized carbons (Fsp3) is 0.364. The van der Waals surface area contributed by atoms with Crippen molar-refractivity contribution in [2.24, 2.45) is 5.73 Å². The molecule has 0 bridgehead atoms. The van der Waals surface area contributed by atoms with Crippen molar-refractivity contribution in [1.29, 1.82) is 0 Å². The van der Waals surface area contributed by atoms with Gasteiger partial charge in [0.25, 0.3) is 0 Å². The van der Waals surface area contributed by atoms with Crippen LogP contribution in [0.2, 0.25) is 0 Å². The Balaban J connectivity index is 3.24. The van der Waals surface area contributed by atoms with Crippen LogP contribution < -0.4 is 10.5 Å². The lowest BCUT2D eigenvalue weighted by molar-refractivity contribution is 0.0981. The van der Waals surface area contributed by atoms with E-state index < -0.39 is 5.82 Å². The molecule has 4 heteroatoms. The summed E-state index contributed by atoms with van der Waals surface area (Å²) in [6.45, 7) is 1.99. The maximum Gasteiger partial charge on any atom is 0.168 e. The highest BCUT2D eigenvalue weighted by Crippen LogP contribution is 2.26. The Morgan fingerprint density at radius 2 is 2.20 bits per heavy atom. The third kappa shape index (κ3) is 2.33. The minimum atomic E-state index is -0.525. The van der Waals surface area contributed by atoms with Crippen LogP contribution in [0.4, 0.5) is 4.39 Å². The number of Topliss-reactive ketones (excluding diaryl/α,β-unsaturated/α-hetero) is 1. The van der Waals surface area contributed by atoms with Gasteiger partial charge in [0.2, 0.25) is 0 Å². The van der Waals surface area contributed by atoms with Gasteiger partial charge in [-0.1, -0.05) is 6.07 Å². The van der Waals surface area contributed by atoms with Gasteiger partial charge in [-0.15, -0.1) is 0 Å². The van der Waals surface area contributed by atoms with E-state index in [0.717, 1.165) is 0 Å². The summed E-state index contributed by atoms with van der Waals surface area (Å²) >= 11 is 0. The molecule has 2 N–H and O–H groups in total. The number of rotatable bonds is 4. The van der Waals surface area contributed by atoms with Crippen LogP contribution >= 0.6 is 0 Å². The number of carbonyl (C=O) groups excluding carboxylic acids is 1. The molecule has 0 heterocycles. The minimum absolute atomic E-state index is 0.00782. The molecule has 0 fully saturated rings. The Hall–Kier alpha value is -1.42. The molecule has 0 atom stereocenters. The summed E-state index contributed by atoms with van der Waals surface area (Å²) in [7, 11) is 1.34. The van der Waals surface area contributed by atoms with Crippen LogP contribution in [0, 0.1) is 12.7 Å². The molecule has 82 valence electrons. The van der Waals surface area contributed by atoms with Crippen LogP contribution in [0.3, 0.4) is 0 Å². The highest BCUT2D eigenvalue weighted by molar-refractivity contribution is 6.00. The molecule has 3 nitrogen and oxygen atoms in total. The normalized spacial score (nSPS) is 10.1. The van der Waals surface area contributed by atoms with E-state index >= 15 is 0 Å². The fourth-order valence-electron chi connectivity index (χ4n) is 1.46. The lowest BCUT2D eigenvalue weighted by Gasteiger charge is -2.10. The molecule has 0 aliphatic heterocycles. The van der Waals surface area contributed by atoms with Gasteiger partial charge in [0, 0.05) is 6.42 Å². The number of carbonyl (C=O) groups is 1. The van der Waals surface area contributed by atoms with Crippen molar-refractivity contribution in [2.45, 2.75) is 13.3 Å². The van der Waals surface area contributed by atoms with Crippen LogP contribution in [0.15, 0.2) is 12.1 Å². The van der Waals surface area contributed by atoms with Crippen molar-refractivity contribution in [2.75, 3.05) is 13.7 Å². The molecular weight excluding hydrogens is 197 g/mol. The van der Waals surface area contributed by atoms with E-state index in [1.165, 1.54) is 13.2 Å². The van der Waals surface area contributed by atoms with Gasteiger partial charge in [0.05, 0.1) is 12.7 Å². The van der Waals surface area contributed by atoms with E-state index in [4.69, 9.17) is 10.5 Å². The number of ether oxygens (including phenoxy) is 1. The summed E-state index contributed by atoms with van der Waals surface area (Å²) in [4.78, 5) is 11.7. The molecule has 0 spiro atoms. The second kappa shape index (κ2) is 4.89. The largest absolute Gasteiger partial charge is 0.493 e. The van der Waals surface area contributed by atoms with Crippen LogP contribution in [0.5, 0.6) is 5.75 Å². The highest BCUT2D eigenvalue weighted by Gasteiger charge is 2.17. The molecule has 1 aromatic carbocycles. The minimum Gasteiger partial charge on any atom is -0.493 e. The number of aryl methyl sites for hydroxylation is 1. The number of hydrogen-bond acceptors (Lipinski definition) is 3. The number of halogens is 1. The van der Waals surface area contributed by atoms with Crippen LogP contribution in [-0.2, 0) is 0 Å². The van der Waals surface area contributed by atoms with Gasteiger partial charge >= 0.3 is 0 Å². The number of hydrogen-bond donors (Lipinski definition) is 1. The second-order valence-electron chi connectivity index (χ2n) is 3.23. The Labute approximate surface area is 88.0 Å². The zero-order chi connectivity index (χ0) is 11.4. The standard InChI is InChI=1S/C11H14FNO2/c1-7-3-4-8(12)11(15-2)10(7)9(14)5-6-13/h3-4H,5-6,13H2,1-2H3. The number of ketones is 1. The maximum absolute atomic E-state index is 13.3. The summed E-state index contributed by atoms with van der Waals surface area (Å²) in [5.41, 5.74) is 6.29. The number of nitrogens with two attached hydrogens (primary N) is 1. The molecule has 0 saturated heterocycles. The Bertz CT molecular complexity index is 377. The molecule has 15 heavy (non-hydrogen) atoms. The van der Waals surface area contributed by atoms with Gasteiger partial charge in [-0.3, -0.25) is 4.79 Å².